The first-order valence-electron chi connectivity index (χ1n) is 6.21. The predicted molar refractivity (Wildman–Crippen MR) is 67.3 cm³/mol. The molecule has 0 heterocycles. The molecule has 0 aromatic carbocycles. The standard InChI is InChI=1S/C13H29NO/c1-12(14-5)8-6-7-10-15-11-9-13(2,3)4/h12,14H,6-11H2,1-5H3. The molecule has 0 spiro atoms. The van der Waals surface area contributed by atoms with Gasteiger partial charge in [-0.05, 0) is 45.1 Å². The lowest BCUT2D eigenvalue weighted by Crippen LogP contribution is -2.20. The Hall–Kier alpha value is -0.0800. The van der Waals surface area contributed by atoms with Crippen LogP contribution in [0.15, 0.2) is 0 Å². The first-order valence-corrected chi connectivity index (χ1v) is 6.21. The summed E-state index contributed by atoms with van der Waals surface area (Å²) in [5.41, 5.74) is 0.403. The molecule has 0 aliphatic heterocycles. The van der Waals surface area contributed by atoms with Gasteiger partial charge in [0, 0.05) is 19.3 Å². The van der Waals surface area contributed by atoms with E-state index in [2.05, 4.69) is 33.0 Å². The number of ether oxygens (including phenoxy) is 1. The summed E-state index contributed by atoms with van der Waals surface area (Å²) in [7, 11) is 2.02. The summed E-state index contributed by atoms with van der Waals surface area (Å²) in [6, 6.07) is 0.638. The molecule has 1 unspecified atom stereocenters. The fourth-order valence-corrected chi connectivity index (χ4v) is 1.28. The summed E-state index contributed by atoms with van der Waals surface area (Å²) in [5.74, 6) is 0. The lowest BCUT2D eigenvalue weighted by atomic mass is 9.93. The average molecular weight is 215 g/mol. The van der Waals surface area contributed by atoms with Crippen molar-refractivity contribution in [1.82, 2.24) is 5.32 Å². The third-order valence-corrected chi connectivity index (χ3v) is 2.67. The zero-order chi connectivity index (χ0) is 11.7. The smallest absolute Gasteiger partial charge is 0.0471 e. The molecule has 1 N–H and O–H groups in total. The molecule has 0 saturated carbocycles. The third kappa shape index (κ3) is 11.8. The van der Waals surface area contributed by atoms with Crippen LogP contribution in [0.1, 0.15) is 53.4 Å². The van der Waals surface area contributed by atoms with E-state index in [1.54, 1.807) is 0 Å². The number of nitrogens with one attached hydrogen (secondary N) is 1. The van der Waals surface area contributed by atoms with Crippen molar-refractivity contribution < 1.29 is 4.74 Å². The highest BCUT2D eigenvalue weighted by molar-refractivity contribution is 4.60. The average Bonchev–Trinajstić information content (AvgIpc) is 2.14. The van der Waals surface area contributed by atoms with Gasteiger partial charge in [0.15, 0.2) is 0 Å². The number of hydrogen-bond donors (Lipinski definition) is 1. The van der Waals surface area contributed by atoms with Crippen molar-refractivity contribution in [2.24, 2.45) is 5.41 Å². The molecule has 0 aromatic rings. The minimum Gasteiger partial charge on any atom is -0.381 e. The fourth-order valence-electron chi connectivity index (χ4n) is 1.28. The Morgan fingerprint density at radius 1 is 1.13 bits per heavy atom. The van der Waals surface area contributed by atoms with Crippen molar-refractivity contribution in [1.29, 1.82) is 0 Å². The molecule has 0 aromatic heterocycles. The maximum atomic E-state index is 5.60. The van der Waals surface area contributed by atoms with Gasteiger partial charge in [-0.25, -0.2) is 0 Å². The van der Waals surface area contributed by atoms with Crippen molar-refractivity contribution in [2.75, 3.05) is 20.3 Å². The minimum absolute atomic E-state index is 0.403. The second-order valence-corrected chi connectivity index (χ2v) is 5.61. The number of rotatable bonds is 8. The van der Waals surface area contributed by atoms with Gasteiger partial charge in [-0.2, -0.15) is 0 Å². The van der Waals surface area contributed by atoms with Crippen LogP contribution in [0, 0.1) is 5.41 Å². The zero-order valence-electron chi connectivity index (χ0n) is 11.2. The molecule has 0 saturated heterocycles. The number of hydrogen-bond acceptors (Lipinski definition) is 2. The Morgan fingerprint density at radius 2 is 1.80 bits per heavy atom. The highest BCUT2D eigenvalue weighted by Gasteiger charge is 2.08. The molecule has 0 rings (SSSR count). The quantitative estimate of drug-likeness (QED) is 0.628. The molecule has 0 aliphatic carbocycles. The summed E-state index contributed by atoms with van der Waals surface area (Å²) in [6.45, 7) is 10.8. The van der Waals surface area contributed by atoms with E-state index in [-0.39, 0.29) is 0 Å². The molecule has 2 heteroatoms. The molecular formula is C13H29NO. The van der Waals surface area contributed by atoms with Crippen LogP contribution in [-0.4, -0.2) is 26.3 Å². The van der Waals surface area contributed by atoms with Crippen molar-refractivity contribution >= 4 is 0 Å². The van der Waals surface area contributed by atoms with Crippen molar-refractivity contribution in [3.63, 3.8) is 0 Å². The predicted octanol–water partition coefficient (Wildman–Crippen LogP) is 3.22. The molecule has 0 amide bonds. The van der Waals surface area contributed by atoms with Crippen molar-refractivity contribution in [3.8, 4) is 0 Å². The molecule has 1 atom stereocenters. The maximum absolute atomic E-state index is 5.60. The van der Waals surface area contributed by atoms with E-state index >= 15 is 0 Å². The van der Waals surface area contributed by atoms with Crippen LogP contribution < -0.4 is 5.32 Å². The molecular weight excluding hydrogens is 186 g/mol. The van der Waals surface area contributed by atoms with Gasteiger partial charge in [0.1, 0.15) is 0 Å². The van der Waals surface area contributed by atoms with Gasteiger partial charge in [0.05, 0.1) is 0 Å². The third-order valence-electron chi connectivity index (χ3n) is 2.67. The highest BCUT2D eigenvalue weighted by Crippen LogP contribution is 2.17. The van der Waals surface area contributed by atoms with Crippen LogP contribution in [0.4, 0.5) is 0 Å². The van der Waals surface area contributed by atoms with Gasteiger partial charge in [0.25, 0.3) is 0 Å². The molecule has 2 nitrogen and oxygen atoms in total. The molecule has 92 valence electrons. The van der Waals surface area contributed by atoms with Crippen LogP contribution in [0.5, 0.6) is 0 Å². The Kier molecular flexibility index (Phi) is 8.07. The van der Waals surface area contributed by atoms with Crippen LogP contribution in [-0.2, 0) is 4.74 Å². The monoisotopic (exact) mass is 215 g/mol. The van der Waals surface area contributed by atoms with Gasteiger partial charge in [0.2, 0.25) is 0 Å². The fraction of sp³-hybridized carbons (Fsp3) is 1.00. The van der Waals surface area contributed by atoms with Crippen LogP contribution in [0.3, 0.4) is 0 Å². The molecule has 0 aliphatic rings. The summed E-state index contributed by atoms with van der Waals surface area (Å²) in [6.07, 6.45) is 4.85. The minimum atomic E-state index is 0.403. The van der Waals surface area contributed by atoms with Crippen LogP contribution in [0.25, 0.3) is 0 Å². The van der Waals surface area contributed by atoms with E-state index < -0.39 is 0 Å². The molecule has 15 heavy (non-hydrogen) atoms. The Bertz CT molecular complexity index is 140. The second-order valence-electron chi connectivity index (χ2n) is 5.61. The van der Waals surface area contributed by atoms with E-state index in [1.165, 1.54) is 19.3 Å². The highest BCUT2D eigenvalue weighted by atomic mass is 16.5. The second kappa shape index (κ2) is 8.12. The lowest BCUT2D eigenvalue weighted by Gasteiger charge is -2.17. The first kappa shape index (κ1) is 14.9. The number of unbranched alkanes of at least 4 members (excludes halogenated alkanes) is 1. The van der Waals surface area contributed by atoms with Gasteiger partial charge in [-0.1, -0.05) is 20.8 Å². The van der Waals surface area contributed by atoms with E-state index in [1.807, 2.05) is 7.05 Å². The van der Waals surface area contributed by atoms with Crippen LogP contribution in [0.2, 0.25) is 0 Å². The van der Waals surface area contributed by atoms with Crippen LogP contribution >= 0.6 is 0 Å². The Labute approximate surface area is 95.8 Å². The zero-order valence-corrected chi connectivity index (χ0v) is 11.2. The van der Waals surface area contributed by atoms with Gasteiger partial charge in [-0.15, -0.1) is 0 Å². The molecule has 0 bridgehead atoms. The van der Waals surface area contributed by atoms with E-state index in [4.69, 9.17) is 4.74 Å². The van der Waals surface area contributed by atoms with Gasteiger partial charge < -0.3 is 10.1 Å². The lowest BCUT2D eigenvalue weighted by molar-refractivity contribution is 0.105. The van der Waals surface area contributed by atoms with Crippen molar-refractivity contribution in [2.45, 2.75) is 59.4 Å². The summed E-state index contributed by atoms with van der Waals surface area (Å²) >= 11 is 0. The summed E-state index contributed by atoms with van der Waals surface area (Å²) < 4.78 is 5.60. The largest absolute Gasteiger partial charge is 0.381 e. The summed E-state index contributed by atoms with van der Waals surface area (Å²) in [5, 5.41) is 3.25. The van der Waals surface area contributed by atoms with E-state index in [0.29, 0.717) is 11.5 Å². The van der Waals surface area contributed by atoms with Gasteiger partial charge in [-0.3, -0.25) is 0 Å². The van der Waals surface area contributed by atoms with E-state index in [0.717, 1.165) is 19.6 Å². The van der Waals surface area contributed by atoms with Gasteiger partial charge >= 0.3 is 0 Å². The molecule has 0 fully saturated rings. The maximum Gasteiger partial charge on any atom is 0.0471 e. The van der Waals surface area contributed by atoms with Crippen molar-refractivity contribution in [3.05, 3.63) is 0 Å². The van der Waals surface area contributed by atoms with E-state index in [9.17, 15) is 0 Å². The topological polar surface area (TPSA) is 21.3 Å². The molecule has 0 radical (unpaired) electrons. The first-order chi connectivity index (χ1) is 6.95. The Balaban J connectivity index is 3.12. The SMILES string of the molecule is CNC(C)CCCCOCCC(C)(C)C. The normalized spacial score (nSPS) is 14.2. The Morgan fingerprint density at radius 3 is 2.33 bits per heavy atom. The summed E-state index contributed by atoms with van der Waals surface area (Å²) in [4.78, 5) is 0.